The summed E-state index contributed by atoms with van der Waals surface area (Å²) >= 11 is 0. The van der Waals surface area contributed by atoms with Crippen molar-refractivity contribution in [3.8, 4) is 0 Å². The van der Waals surface area contributed by atoms with Crippen molar-refractivity contribution in [1.29, 1.82) is 0 Å². The zero-order valence-corrected chi connectivity index (χ0v) is 18.1. The average Bonchev–Trinajstić information content (AvgIpc) is 2.78. The van der Waals surface area contributed by atoms with Crippen LogP contribution >= 0.6 is 0 Å². The summed E-state index contributed by atoms with van der Waals surface area (Å²) in [4.78, 5) is 27.2. The molecule has 1 saturated heterocycles. The molecule has 0 spiro atoms. The largest absolute Gasteiger partial charge is 0.380 e. The predicted molar refractivity (Wildman–Crippen MR) is 116 cm³/mol. The SMILES string of the molecule is CNc1nc(C2CCCCN2C)nc2c1CCN(C(=O)c1ccc(COC)cc1)C2. The zero-order chi connectivity index (χ0) is 21.1. The van der Waals surface area contributed by atoms with Crippen LogP contribution in [0.1, 0.15) is 58.3 Å². The molecule has 160 valence electrons. The topological polar surface area (TPSA) is 70.6 Å². The van der Waals surface area contributed by atoms with Crippen molar-refractivity contribution >= 4 is 11.7 Å². The number of likely N-dealkylation sites (tertiary alicyclic amines) is 1. The van der Waals surface area contributed by atoms with E-state index in [1.807, 2.05) is 36.2 Å². The lowest BCUT2D eigenvalue weighted by Gasteiger charge is -2.33. The molecule has 30 heavy (non-hydrogen) atoms. The molecule has 0 saturated carbocycles. The number of nitrogens with zero attached hydrogens (tertiary/aromatic N) is 4. The third-order valence-electron chi connectivity index (χ3n) is 6.19. The lowest BCUT2D eigenvalue weighted by Crippen LogP contribution is -2.38. The lowest BCUT2D eigenvalue weighted by atomic mass is 10.00. The van der Waals surface area contributed by atoms with Gasteiger partial charge in [-0.15, -0.1) is 0 Å². The Morgan fingerprint density at radius 1 is 1.20 bits per heavy atom. The van der Waals surface area contributed by atoms with Crippen LogP contribution in [0.15, 0.2) is 24.3 Å². The summed E-state index contributed by atoms with van der Waals surface area (Å²) < 4.78 is 5.16. The normalized spacial score (nSPS) is 19.4. The van der Waals surface area contributed by atoms with Crippen molar-refractivity contribution in [2.24, 2.45) is 0 Å². The second-order valence-corrected chi connectivity index (χ2v) is 8.20. The second-order valence-electron chi connectivity index (χ2n) is 8.20. The van der Waals surface area contributed by atoms with E-state index in [2.05, 4.69) is 17.3 Å². The van der Waals surface area contributed by atoms with Crippen LogP contribution in [0.5, 0.6) is 0 Å². The van der Waals surface area contributed by atoms with Gasteiger partial charge in [-0.25, -0.2) is 9.97 Å². The minimum atomic E-state index is 0.0468. The van der Waals surface area contributed by atoms with Gasteiger partial charge in [0.1, 0.15) is 11.6 Å². The van der Waals surface area contributed by atoms with Gasteiger partial charge in [0.2, 0.25) is 0 Å². The molecule has 2 aromatic rings. The fraction of sp³-hybridized carbons (Fsp3) is 0.522. The molecule has 0 radical (unpaired) electrons. The van der Waals surface area contributed by atoms with Crippen LogP contribution in [-0.2, 0) is 24.3 Å². The first-order valence-electron chi connectivity index (χ1n) is 10.8. The number of rotatable bonds is 5. The molecular formula is C23H31N5O2. The van der Waals surface area contributed by atoms with Crippen LogP contribution < -0.4 is 5.32 Å². The summed E-state index contributed by atoms with van der Waals surface area (Å²) in [6, 6.07) is 7.91. The molecule has 4 rings (SSSR count). The molecule has 3 heterocycles. The maximum absolute atomic E-state index is 13.1. The van der Waals surface area contributed by atoms with E-state index in [1.54, 1.807) is 7.11 Å². The van der Waals surface area contributed by atoms with E-state index in [0.717, 1.165) is 47.8 Å². The van der Waals surface area contributed by atoms with Crippen molar-refractivity contribution < 1.29 is 9.53 Å². The summed E-state index contributed by atoms with van der Waals surface area (Å²) in [6.45, 7) is 2.82. The van der Waals surface area contributed by atoms with Gasteiger partial charge in [-0.2, -0.15) is 0 Å². The minimum absolute atomic E-state index is 0.0468. The summed E-state index contributed by atoms with van der Waals surface area (Å²) in [5, 5.41) is 3.26. The molecular weight excluding hydrogens is 378 g/mol. The Labute approximate surface area is 178 Å². The third kappa shape index (κ3) is 4.18. The molecule has 7 nitrogen and oxygen atoms in total. The smallest absolute Gasteiger partial charge is 0.254 e. The monoisotopic (exact) mass is 409 g/mol. The average molecular weight is 410 g/mol. The fourth-order valence-electron chi connectivity index (χ4n) is 4.47. The van der Waals surface area contributed by atoms with Crippen molar-refractivity contribution in [3.05, 3.63) is 52.5 Å². The van der Waals surface area contributed by atoms with E-state index in [-0.39, 0.29) is 11.9 Å². The first-order valence-corrected chi connectivity index (χ1v) is 10.8. The second kappa shape index (κ2) is 9.10. The Bertz CT molecular complexity index is 899. The van der Waals surface area contributed by atoms with Gasteiger partial charge in [0.05, 0.1) is 24.9 Å². The summed E-state index contributed by atoms with van der Waals surface area (Å²) in [5.74, 6) is 1.83. The molecule has 1 atom stereocenters. The number of methoxy groups -OCH3 is 1. The number of amides is 1. The number of ether oxygens (including phenoxy) is 1. The van der Waals surface area contributed by atoms with Crippen molar-refractivity contribution in [3.63, 3.8) is 0 Å². The molecule has 0 bridgehead atoms. The number of anilines is 1. The number of carbonyl (C=O) groups excluding carboxylic acids is 1. The highest BCUT2D eigenvalue weighted by atomic mass is 16.5. The number of fused-ring (bicyclic) bond motifs is 1. The number of hydrogen-bond acceptors (Lipinski definition) is 6. The van der Waals surface area contributed by atoms with Gasteiger partial charge in [-0.3, -0.25) is 9.69 Å². The van der Waals surface area contributed by atoms with Gasteiger partial charge in [0.25, 0.3) is 5.91 Å². The van der Waals surface area contributed by atoms with Crippen LogP contribution in [-0.4, -0.2) is 60.0 Å². The van der Waals surface area contributed by atoms with Crippen LogP contribution in [0.3, 0.4) is 0 Å². The first-order chi connectivity index (χ1) is 14.6. The van der Waals surface area contributed by atoms with E-state index < -0.39 is 0 Å². The van der Waals surface area contributed by atoms with E-state index in [4.69, 9.17) is 14.7 Å². The number of aromatic nitrogens is 2. The van der Waals surface area contributed by atoms with Gasteiger partial charge in [0.15, 0.2) is 0 Å². The molecule has 0 aliphatic carbocycles. The molecule has 2 aliphatic heterocycles. The van der Waals surface area contributed by atoms with E-state index in [0.29, 0.717) is 25.3 Å². The Balaban J connectivity index is 1.57. The standard InChI is InChI=1S/C23H31N5O2/c1-24-21-18-11-13-28(23(29)17-9-7-16(8-10-17)15-30-3)14-19(18)25-22(26-21)20-6-4-5-12-27(20)2/h7-10,20H,4-6,11-15H2,1-3H3,(H,24,25,26). The van der Waals surface area contributed by atoms with Gasteiger partial charge in [0, 0.05) is 31.8 Å². The number of benzene rings is 1. The van der Waals surface area contributed by atoms with E-state index in [9.17, 15) is 4.79 Å². The Morgan fingerprint density at radius 3 is 2.70 bits per heavy atom. The summed E-state index contributed by atoms with van der Waals surface area (Å²) in [6.07, 6.45) is 4.27. The number of hydrogen-bond donors (Lipinski definition) is 1. The molecule has 7 heteroatoms. The Kier molecular flexibility index (Phi) is 6.29. The number of nitrogens with one attached hydrogen (secondary N) is 1. The molecule has 1 aromatic carbocycles. The molecule has 1 amide bonds. The van der Waals surface area contributed by atoms with Gasteiger partial charge >= 0.3 is 0 Å². The van der Waals surface area contributed by atoms with Crippen LogP contribution in [0.2, 0.25) is 0 Å². The van der Waals surface area contributed by atoms with E-state index >= 15 is 0 Å². The fourth-order valence-corrected chi connectivity index (χ4v) is 4.47. The van der Waals surface area contributed by atoms with Gasteiger partial charge in [-0.05, 0) is 50.6 Å². The van der Waals surface area contributed by atoms with Crippen LogP contribution in [0.4, 0.5) is 5.82 Å². The first kappa shape index (κ1) is 20.8. The molecule has 2 aliphatic rings. The molecule has 1 fully saturated rings. The van der Waals surface area contributed by atoms with Crippen LogP contribution in [0, 0.1) is 0 Å². The van der Waals surface area contributed by atoms with Crippen molar-refractivity contribution in [2.45, 2.75) is 44.9 Å². The summed E-state index contributed by atoms with van der Waals surface area (Å²) in [5.41, 5.74) is 3.87. The number of carbonyl (C=O) groups is 1. The van der Waals surface area contributed by atoms with Crippen molar-refractivity contribution in [1.82, 2.24) is 19.8 Å². The Hall–Kier alpha value is -2.51. The summed E-state index contributed by atoms with van der Waals surface area (Å²) in [7, 11) is 5.73. The maximum atomic E-state index is 13.1. The highest BCUT2D eigenvalue weighted by Crippen LogP contribution is 2.31. The molecule has 1 unspecified atom stereocenters. The predicted octanol–water partition coefficient (Wildman–Crippen LogP) is 3.02. The Morgan fingerprint density at radius 2 is 2.00 bits per heavy atom. The highest BCUT2D eigenvalue weighted by molar-refractivity contribution is 5.94. The molecule has 1 N–H and O–H groups in total. The van der Waals surface area contributed by atoms with E-state index in [1.165, 1.54) is 12.8 Å². The maximum Gasteiger partial charge on any atom is 0.254 e. The minimum Gasteiger partial charge on any atom is -0.380 e. The lowest BCUT2D eigenvalue weighted by molar-refractivity contribution is 0.0731. The van der Waals surface area contributed by atoms with Crippen molar-refractivity contribution in [2.75, 3.05) is 39.6 Å². The van der Waals surface area contributed by atoms with Gasteiger partial charge < -0.3 is 15.0 Å². The molecule has 1 aromatic heterocycles. The highest BCUT2D eigenvalue weighted by Gasteiger charge is 2.29. The number of piperidine rings is 1. The van der Waals surface area contributed by atoms with Crippen LogP contribution in [0.25, 0.3) is 0 Å². The zero-order valence-electron chi connectivity index (χ0n) is 18.1. The third-order valence-corrected chi connectivity index (χ3v) is 6.19. The quantitative estimate of drug-likeness (QED) is 0.819. The van der Waals surface area contributed by atoms with Gasteiger partial charge in [-0.1, -0.05) is 18.6 Å².